The maximum absolute atomic E-state index is 12.8. The van der Waals surface area contributed by atoms with Gasteiger partial charge in [0.05, 0.1) is 36.5 Å². The van der Waals surface area contributed by atoms with Crippen LogP contribution in [0.3, 0.4) is 0 Å². The Morgan fingerprint density at radius 2 is 1.83 bits per heavy atom. The van der Waals surface area contributed by atoms with Crippen LogP contribution in [0.5, 0.6) is 5.75 Å². The van der Waals surface area contributed by atoms with Crippen LogP contribution >= 0.6 is 11.3 Å². The van der Waals surface area contributed by atoms with Gasteiger partial charge >= 0.3 is 0 Å². The van der Waals surface area contributed by atoms with Crippen LogP contribution in [0.15, 0.2) is 53.9 Å². The van der Waals surface area contributed by atoms with E-state index in [-0.39, 0.29) is 30.4 Å². The van der Waals surface area contributed by atoms with Gasteiger partial charge in [0, 0.05) is 30.6 Å². The molecule has 35 heavy (non-hydrogen) atoms. The van der Waals surface area contributed by atoms with E-state index in [1.165, 1.54) is 11.3 Å². The Hall–Kier alpha value is -3.23. The summed E-state index contributed by atoms with van der Waals surface area (Å²) < 4.78 is 11.4. The molecule has 1 fully saturated rings. The molecule has 1 aliphatic heterocycles. The summed E-state index contributed by atoms with van der Waals surface area (Å²) in [5, 5.41) is 5.68. The molecule has 0 radical (unpaired) electrons. The molecule has 0 spiro atoms. The summed E-state index contributed by atoms with van der Waals surface area (Å²) in [4.78, 5) is 31.8. The minimum absolute atomic E-state index is 0.00725. The van der Waals surface area contributed by atoms with Crippen molar-refractivity contribution in [3.05, 3.63) is 70.7 Å². The van der Waals surface area contributed by atoms with E-state index in [0.717, 1.165) is 27.6 Å². The maximum atomic E-state index is 12.8. The first-order chi connectivity index (χ1) is 16.9. The van der Waals surface area contributed by atoms with Crippen molar-refractivity contribution in [3.63, 3.8) is 0 Å². The Labute approximate surface area is 210 Å². The summed E-state index contributed by atoms with van der Waals surface area (Å²) in [7, 11) is 0. The molecule has 2 unspecified atom stereocenters. The second-order valence-electron chi connectivity index (χ2n) is 8.69. The Morgan fingerprint density at radius 3 is 2.54 bits per heavy atom. The van der Waals surface area contributed by atoms with Crippen LogP contribution in [0.4, 0.5) is 0 Å². The third-order valence-electron chi connectivity index (χ3n) is 5.71. The van der Waals surface area contributed by atoms with Crippen molar-refractivity contribution in [2.24, 2.45) is 0 Å². The third-order valence-corrected chi connectivity index (χ3v) is 6.63. The summed E-state index contributed by atoms with van der Waals surface area (Å²) in [6.45, 7) is 8.07. The van der Waals surface area contributed by atoms with Gasteiger partial charge in [0.15, 0.2) is 0 Å². The highest BCUT2D eigenvalue weighted by Crippen LogP contribution is 2.32. The van der Waals surface area contributed by atoms with Gasteiger partial charge in [-0.1, -0.05) is 24.3 Å². The quantitative estimate of drug-likeness (QED) is 0.506. The van der Waals surface area contributed by atoms with Gasteiger partial charge in [0.25, 0.3) is 5.91 Å². The SMILES string of the molecule is CCOc1ccccc1-c1nc(CC(=O)NCc2ccc(C(=O)N3CC(C)OC(C)C3)cc2)cs1. The van der Waals surface area contributed by atoms with E-state index < -0.39 is 0 Å². The first-order valence-electron chi connectivity index (χ1n) is 11.9. The van der Waals surface area contributed by atoms with Crippen LogP contribution in [0.2, 0.25) is 0 Å². The van der Waals surface area contributed by atoms with Crippen LogP contribution in [0, 0.1) is 0 Å². The van der Waals surface area contributed by atoms with Gasteiger partial charge in [-0.3, -0.25) is 9.59 Å². The number of benzene rings is 2. The Bertz CT molecular complexity index is 1150. The topological polar surface area (TPSA) is 80.8 Å². The maximum Gasteiger partial charge on any atom is 0.254 e. The molecule has 2 aromatic carbocycles. The van der Waals surface area contributed by atoms with E-state index >= 15 is 0 Å². The fourth-order valence-corrected chi connectivity index (χ4v) is 5.00. The molecule has 1 aromatic heterocycles. The first kappa shape index (κ1) is 24.9. The first-order valence-corrected chi connectivity index (χ1v) is 12.8. The third kappa shape index (κ3) is 6.46. The largest absolute Gasteiger partial charge is 0.493 e. The minimum atomic E-state index is -0.101. The van der Waals surface area contributed by atoms with Crippen LogP contribution < -0.4 is 10.1 Å². The monoisotopic (exact) mass is 493 g/mol. The lowest BCUT2D eigenvalue weighted by Gasteiger charge is -2.35. The number of morpholine rings is 1. The fourth-order valence-electron chi connectivity index (χ4n) is 4.16. The molecule has 2 amide bonds. The molecule has 4 rings (SSSR count). The molecule has 8 heteroatoms. The highest BCUT2D eigenvalue weighted by atomic mass is 32.1. The number of rotatable bonds is 8. The number of hydrogen-bond donors (Lipinski definition) is 1. The molecule has 184 valence electrons. The van der Waals surface area contributed by atoms with Gasteiger partial charge in [-0.2, -0.15) is 0 Å². The summed E-state index contributed by atoms with van der Waals surface area (Å²) in [6.07, 6.45) is 0.271. The number of para-hydroxylation sites is 1. The number of nitrogens with one attached hydrogen (secondary N) is 1. The Kier molecular flexibility index (Phi) is 8.15. The number of amides is 2. The molecule has 2 heterocycles. The van der Waals surface area contributed by atoms with Gasteiger partial charge in [-0.05, 0) is 50.6 Å². The van der Waals surface area contributed by atoms with E-state index in [9.17, 15) is 9.59 Å². The second-order valence-corrected chi connectivity index (χ2v) is 9.55. The molecule has 1 N–H and O–H groups in total. The predicted octanol–water partition coefficient (Wildman–Crippen LogP) is 4.32. The van der Waals surface area contributed by atoms with E-state index in [2.05, 4.69) is 10.3 Å². The van der Waals surface area contributed by atoms with Crippen molar-refractivity contribution in [2.45, 2.75) is 45.9 Å². The van der Waals surface area contributed by atoms with Crippen molar-refractivity contribution in [1.82, 2.24) is 15.2 Å². The van der Waals surface area contributed by atoms with Gasteiger partial charge in [-0.25, -0.2) is 4.98 Å². The number of carbonyl (C=O) groups is 2. The zero-order chi connectivity index (χ0) is 24.8. The number of nitrogens with zero attached hydrogens (tertiary/aromatic N) is 2. The van der Waals surface area contributed by atoms with Crippen LogP contribution in [-0.4, -0.2) is 53.6 Å². The average molecular weight is 494 g/mol. The van der Waals surface area contributed by atoms with Crippen molar-refractivity contribution < 1.29 is 19.1 Å². The smallest absolute Gasteiger partial charge is 0.254 e. The number of carbonyl (C=O) groups excluding carboxylic acids is 2. The summed E-state index contributed by atoms with van der Waals surface area (Å²) in [5.74, 6) is 0.698. The van der Waals surface area contributed by atoms with Crippen LogP contribution in [0.1, 0.15) is 42.4 Å². The lowest BCUT2D eigenvalue weighted by atomic mass is 10.1. The summed E-state index contributed by atoms with van der Waals surface area (Å²) in [5.41, 5.74) is 3.23. The lowest BCUT2D eigenvalue weighted by molar-refractivity contribution is -0.120. The molecule has 3 aromatic rings. The standard InChI is InChI=1S/C27H31N3O4S/c1-4-33-24-8-6-5-7-23(24)26-29-22(17-35-26)13-25(31)28-14-20-9-11-21(12-10-20)27(32)30-15-18(2)34-19(3)16-30/h5-12,17-19H,4,13-16H2,1-3H3,(H,28,31). The van der Waals surface area contributed by atoms with Crippen molar-refractivity contribution in [1.29, 1.82) is 0 Å². The van der Waals surface area contributed by atoms with Gasteiger partial charge in [0.2, 0.25) is 5.91 Å². The number of thiazole rings is 1. The van der Waals surface area contributed by atoms with Crippen LogP contribution in [-0.2, 0) is 22.5 Å². The molecule has 7 nitrogen and oxygen atoms in total. The highest BCUT2D eigenvalue weighted by Gasteiger charge is 2.26. The summed E-state index contributed by atoms with van der Waals surface area (Å²) in [6, 6.07) is 15.2. The number of ether oxygens (including phenoxy) is 2. The number of hydrogen-bond acceptors (Lipinski definition) is 6. The van der Waals surface area contributed by atoms with E-state index in [4.69, 9.17) is 9.47 Å². The van der Waals surface area contributed by atoms with Gasteiger partial charge in [0.1, 0.15) is 10.8 Å². The van der Waals surface area contributed by atoms with Gasteiger partial charge < -0.3 is 19.7 Å². The van der Waals surface area contributed by atoms with E-state index in [1.54, 1.807) is 0 Å². The molecule has 1 aliphatic rings. The van der Waals surface area contributed by atoms with E-state index in [1.807, 2.05) is 79.6 Å². The normalized spacial score (nSPS) is 17.7. The molecule has 0 aliphatic carbocycles. The minimum Gasteiger partial charge on any atom is -0.493 e. The molecule has 0 saturated carbocycles. The molecule has 1 saturated heterocycles. The predicted molar refractivity (Wildman–Crippen MR) is 137 cm³/mol. The van der Waals surface area contributed by atoms with Crippen LogP contribution in [0.25, 0.3) is 10.6 Å². The fraction of sp³-hybridized carbons (Fsp3) is 0.370. The average Bonchev–Trinajstić information content (AvgIpc) is 3.31. The Balaban J connectivity index is 1.30. The zero-order valence-electron chi connectivity index (χ0n) is 20.3. The van der Waals surface area contributed by atoms with Crippen molar-refractivity contribution in [3.8, 4) is 16.3 Å². The van der Waals surface area contributed by atoms with Crippen molar-refractivity contribution >= 4 is 23.2 Å². The molecular weight excluding hydrogens is 462 g/mol. The Morgan fingerprint density at radius 1 is 1.11 bits per heavy atom. The molecular formula is C27H31N3O4S. The molecule has 0 bridgehead atoms. The van der Waals surface area contributed by atoms with Crippen molar-refractivity contribution in [2.75, 3.05) is 19.7 Å². The van der Waals surface area contributed by atoms with E-state index in [0.29, 0.717) is 31.8 Å². The van der Waals surface area contributed by atoms with Gasteiger partial charge in [-0.15, -0.1) is 11.3 Å². The molecule has 2 atom stereocenters. The zero-order valence-corrected chi connectivity index (χ0v) is 21.1. The lowest BCUT2D eigenvalue weighted by Crippen LogP contribution is -2.48. The second kappa shape index (κ2) is 11.5. The highest BCUT2D eigenvalue weighted by molar-refractivity contribution is 7.13. The summed E-state index contributed by atoms with van der Waals surface area (Å²) >= 11 is 1.50. The number of aromatic nitrogens is 1.